The van der Waals surface area contributed by atoms with Crippen molar-refractivity contribution in [2.45, 2.75) is 26.3 Å². The van der Waals surface area contributed by atoms with E-state index in [0.717, 1.165) is 6.42 Å². The number of nitrogens with zero attached hydrogens (tertiary/aromatic N) is 4. The average molecular weight is 222 g/mol. The highest BCUT2D eigenvalue weighted by Crippen LogP contribution is 2.22. The van der Waals surface area contributed by atoms with Gasteiger partial charge in [-0.05, 0) is 5.92 Å². The minimum atomic E-state index is -0.238. The fourth-order valence-corrected chi connectivity index (χ4v) is 1.28. The first-order valence-electron chi connectivity index (χ1n) is 5.17. The zero-order valence-electron chi connectivity index (χ0n) is 9.21. The molecule has 0 unspecified atom stereocenters. The van der Waals surface area contributed by atoms with Crippen LogP contribution in [0.1, 0.15) is 32.2 Å². The largest absolute Gasteiger partial charge is 0.337 e. The van der Waals surface area contributed by atoms with Gasteiger partial charge in [-0.25, -0.2) is 0 Å². The smallest absolute Gasteiger partial charge is 0.244 e. The first-order chi connectivity index (χ1) is 7.72. The van der Waals surface area contributed by atoms with Crippen LogP contribution >= 0.6 is 0 Å². The van der Waals surface area contributed by atoms with Gasteiger partial charge in [0.25, 0.3) is 0 Å². The van der Waals surface area contributed by atoms with E-state index in [0.29, 0.717) is 23.3 Å². The van der Waals surface area contributed by atoms with Crippen LogP contribution < -0.4 is 5.73 Å². The van der Waals surface area contributed by atoms with Crippen molar-refractivity contribution in [3.63, 3.8) is 0 Å². The number of hydrogen-bond acceptors (Lipinski definition) is 6. The first-order valence-corrected chi connectivity index (χ1v) is 5.17. The standard InChI is InChI=1S/C9H14N6O/c1-3-5(2)7(10)9-12-8(14-16-9)6-4-11-15-13-6/h4-5,7H,3,10H2,1-2H3,(H,11,13,15)/t5-,7-/m0/s1. The molecular weight excluding hydrogens is 208 g/mol. The summed E-state index contributed by atoms with van der Waals surface area (Å²) in [6, 6.07) is -0.238. The maximum atomic E-state index is 5.98. The normalized spacial score (nSPS) is 14.9. The zero-order valence-corrected chi connectivity index (χ0v) is 9.21. The van der Waals surface area contributed by atoms with Gasteiger partial charge in [0.05, 0.1) is 12.2 Å². The summed E-state index contributed by atoms with van der Waals surface area (Å²) >= 11 is 0. The van der Waals surface area contributed by atoms with E-state index in [-0.39, 0.29) is 6.04 Å². The third-order valence-electron chi connectivity index (χ3n) is 2.63. The molecule has 3 N–H and O–H groups in total. The Morgan fingerprint density at radius 1 is 1.56 bits per heavy atom. The van der Waals surface area contributed by atoms with Crippen molar-refractivity contribution in [1.29, 1.82) is 0 Å². The number of aromatic nitrogens is 5. The molecule has 7 nitrogen and oxygen atoms in total. The second kappa shape index (κ2) is 4.40. The number of hydrogen-bond donors (Lipinski definition) is 2. The van der Waals surface area contributed by atoms with E-state index in [1.807, 2.05) is 6.92 Å². The average Bonchev–Trinajstić information content (AvgIpc) is 2.96. The molecule has 0 aliphatic rings. The third kappa shape index (κ3) is 1.94. The molecule has 2 rings (SSSR count). The number of rotatable bonds is 4. The summed E-state index contributed by atoms with van der Waals surface area (Å²) in [5.41, 5.74) is 6.52. The van der Waals surface area contributed by atoms with E-state index in [2.05, 4.69) is 32.5 Å². The molecule has 16 heavy (non-hydrogen) atoms. The van der Waals surface area contributed by atoms with E-state index in [1.54, 1.807) is 0 Å². The Balaban J connectivity index is 2.20. The van der Waals surface area contributed by atoms with Gasteiger partial charge >= 0.3 is 0 Å². The highest BCUT2D eigenvalue weighted by Gasteiger charge is 2.21. The summed E-state index contributed by atoms with van der Waals surface area (Å²) in [5, 5.41) is 13.8. The van der Waals surface area contributed by atoms with Crippen molar-refractivity contribution < 1.29 is 4.52 Å². The Kier molecular flexibility index (Phi) is 2.95. The maximum absolute atomic E-state index is 5.98. The predicted octanol–water partition coefficient (Wildman–Crippen LogP) is 0.901. The van der Waals surface area contributed by atoms with Crippen molar-refractivity contribution in [3.05, 3.63) is 12.1 Å². The third-order valence-corrected chi connectivity index (χ3v) is 2.63. The molecule has 0 amide bonds. The quantitative estimate of drug-likeness (QED) is 0.795. The van der Waals surface area contributed by atoms with Crippen molar-refractivity contribution >= 4 is 0 Å². The van der Waals surface area contributed by atoms with Gasteiger partial charge in [0.1, 0.15) is 0 Å². The van der Waals surface area contributed by atoms with Gasteiger partial charge < -0.3 is 10.3 Å². The van der Waals surface area contributed by atoms with E-state index >= 15 is 0 Å². The summed E-state index contributed by atoms with van der Waals surface area (Å²) in [4.78, 5) is 4.20. The summed E-state index contributed by atoms with van der Waals surface area (Å²) in [5.74, 6) is 1.14. The minimum absolute atomic E-state index is 0.238. The second-order valence-corrected chi connectivity index (χ2v) is 3.72. The Bertz CT molecular complexity index is 437. The molecule has 2 aromatic rings. The Labute approximate surface area is 92.4 Å². The van der Waals surface area contributed by atoms with E-state index in [4.69, 9.17) is 10.3 Å². The molecule has 2 atom stereocenters. The van der Waals surface area contributed by atoms with Crippen LogP contribution in [0, 0.1) is 5.92 Å². The molecule has 86 valence electrons. The molecule has 7 heteroatoms. The van der Waals surface area contributed by atoms with Crippen LogP contribution in [-0.4, -0.2) is 25.6 Å². The monoisotopic (exact) mass is 222 g/mol. The van der Waals surface area contributed by atoms with Gasteiger partial charge in [-0.2, -0.15) is 20.4 Å². The fourth-order valence-electron chi connectivity index (χ4n) is 1.28. The van der Waals surface area contributed by atoms with Gasteiger partial charge in [-0.3, -0.25) is 0 Å². The summed E-state index contributed by atoms with van der Waals surface area (Å²) in [6.45, 7) is 4.12. The molecule has 0 spiro atoms. The van der Waals surface area contributed by atoms with Crippen LogP contribution in [-0.2, 0) is 0 Å². The van der Waals surface area contributed by atoms with E-state index in [1.165, 1.54) is 6.20 Å². The lowest BCUT2D eigenvalue weighted by atomic mass is 10.0. The number of nitrogens with two attached hydrogens (primary N) is 1. The van der Waals surface area contributed by atoms with Crippen molar-refractivity contribution in [1.82, 2.24) is 25.6 Å². The minimum Gasteiger partial charge on any atom is -0.337 e. The van der Waals surface area contributed by atoms with Crippen LogP contribution in [0.3, 0.4) is 0 Å². The van der Waals surface area contributed by atoms with Gasteiger partial charge in [0.2, 0.25) is 11.7 Å². The van der Waals surface area contributed by atoms with Gasteiger partial charge in [0.15, 0.2) is 5.69 Å². The molecule has 2 heterocycles. The summed E-state index contributed by atoms with van der Waals surface area (Å²) < 4.78 is 5.11. The van der Waals surface area contributed by atoms with Crippen molar-refractivity contribution in [2.75, 3.05) is 0 Å². The molecule has 0 aromatic carbocycles. The molecule has 0 saturated heterocycles. The van der Waals surface area contributed by atoms with Gasteiger partial charge in [-0.1, -0.05) is 25.4 Å². The molecule has 0 fully saturated rings. The molecule has 0 bridgehead atoms. The summed E-state index contributed by atoms with van der Waals surface area (Å²) in [6.07, 6.45) is 2.49. The van der Waals surface area contributed by atoms with E-state index in [9.17, 15) is 0 Å². The molecular formula is C9H14N6O. The van der Waals surface area contributed by atoms with Crippen LogP contribution in [0.2, 0.25) is 0 Å². The summed E-state index contributed by atoms with van der Waals surface area (Å²) in [7, 11) is 0. The Morgan fingerprint density at radius 3 is 3.00 bits per heavy atom. The number of aromatic amines is 1. The van der Waals surface area contributed by atoms with Gasteiger partial charge in [0, 0.05) is 0 Å². The SMILES string of the molecule is CC[C@H](C)[C@H](N)c1nc(-c2cn[nH]n2)no1. The Hall–Kier alpha value is -1.76. The molecule has 0 radical (unpaired) electrons. The fraction of sp³-hybridized carbons (Fsp3) is 0.556. The van der Waals surface area contributed by atoms with Gasteiger partial charge in [-0.15, -0.1) is 0 Å². The zero-order chi connectivity index (χ0) is 11.5. The molecule has 0 aliphatic heterocycles. The molecule has 2 aromatic heterocycles. The molecule has 0 saturated carbocycles. The highest BCUT2D eigenvalue weighted by molar-refractivity contribution is 5.44. The van der Waals surface area contributed by atoms with E-state index < -0.39 is 0 Å². The second-order valence-electron chi connectivity index (χ2n) is 3.72. The topological polar surface area (TPSA) is 107 Å². The number of H-pyrrole nitrogens is 1. The van der Waals surface area contributed by atoms with Crippen molar-refractivity contribution in [3.8, 4) is 11.5 Å². The lowest BCUT2D eigenvalue weighted by molar-refractivity contribution is 0.312. The first kappa shape index (κ1) is 10.7. The van der Waals surface area contributed by atoms with Crippen LogP contribution in [0.4, 0.5) is 0 Å². The van der Waals surface area contributed by atoms with Crippen molar-refractivity contribution in [2.24, 2.45) is 11.7 Å². The predicted molar refractivity (Wildman–Crippen MR) is 56.1 cm³/mol. The molecule has 0 aliphatic carbocycles. The van der Waals surface area contributed by atoms with Crippen LogP contribution in [0.15, 0.2) is 10.7 Å². The highest BCUT2D eigenvalue weighted by atomic mass is 16.5. The lowest BCUT2D eigenvalue weighted by Crippen LogP contribution is -2.18. The Morgan fingerprint density at radius 2 is 2.38 bits per heavy atom. The maximum Gasteiger partial charge on any atom is 0.244 e. The lowest BCUT2D eigenvalue weighted by Gasteiger charge is -2.12. The van der Waals surface area contributed by atoms with Crippen LogP contribution in [0.5, 0.6) is 0 Å². The number of nitrogens with one attached hydrogen (secondary N) is 1. The van der Waals surface area contributed by atoms with Crippen LogP contribution in [0.25, 0.3) is 11.5 Å².